The fourth-order valence-electron chi connectivity index (χ4n) is 3.05. The van der Waals surface area contributed by atoms with Crippen LogP contribution in [0.4, 0.5) is 11.8 Å². The average Bonchev–Trinajstić information content (AvgIpc) is 3.09. The van der Waals surface area contributed by atoms with Crippen LogP contribution in [0.5, 0.6) is 5.75 Å². The summed E-state index contributed by atoms with van der Waals surface area (Å²) in [4.78, 5) is 12.8. The predicted molar refractivity (Wildman–Crippen MR) is 97.4 cm³/mol. The van der Waals surface area contributed by atoms with Gasteiger partial charge < -0.3 is 15.8 Å². The largest absolute Gasteiger partial charge is 0.492 e. The van der Waals surface area contributed by atoms with E-state index in [-0.39, 0.29) is 5.95 Å². The van der Waals surface area contributed by atoms with Crippen LogP contribution in [0.3, 0.4) is 0 Å². The lowest BCUT2D eigenvalue weighted by Crippen LogP contribution is -2.05. The van der Waals surface area contributed by atoms with Gasteiger partial charge in [0.2, 0.25) is 5.95 Å². The van der Waals surface area contributed by atoms with Crippen LogP contribution in [0.25, 0.3) is 11.3 Å². The molecule has 0 amide bonds. The smallest absolute Gasteiger partial charge is 0.220 e. The van der Waals surface area contributed by atoms with Crippen molar-refractivity contribution in [2.75, 3.05) is 17.7 Å². The molecule has 25 heavy (non-hydrogen) atoms. The van der Waals surface area contributed by atoms with Crippen molar-refractivity contribution in [3.05, 3.63) is 59.4 Å². The molecule has 1 aliphatic heterocycles. The minimum atomic E-state index is 0.242. The third kappa shape index (κ3) is 3.10. The molecule has 3 heterocycles. The van der Waals surface area contributed by atoms with Gasteiger partial charge in [-0.15, -0.1) is 0 Å². The molecule has 4 rings (SSSR count). The lowest BCUT2D eigenvalue weighted by molar-refractivity contribution is 0.358. The number of nitrogens with zero attached hydrogens (tertiary/aromatic N) is 3. The van der Waals surface area contributed by atoms with E-state index in [9.17, 15) is 0 Å². The molecule has 0 atom stereocenters. The van der Waals surface area contributed by atoms with E-state index in [0.29, 0.717) is 6.61 Å². The Labute approximate surface area is 146 Å². The van der Waals surface area contributed by atoms with Crippen LogP contribution >= 0.6 is 0 Å². The van der Waals surface area contributed by atoms with E-state index in [2.05, 4.69) is 51.5 Å². The number of nitrogens with one attached hydrogen (secondary N) is 1. The van der Waals surface area contributed by atoms with Gasteiger partial charge in [0, 0.05) is 30.9 Å². The summed E-state index contributed by atoms with van der Waals surface area (Å²) in [6.45, 7) is 3.46. The van der Waals surface area contributed by atoms with Gasteiger partial charge in [-0.2, -0.15) is 0 Å². The summed E-state index contributed by atoms with van der Waals surface area (Å²) >= 11 is 0. The molecule has 0 fully saturated rings. The summed E-state index contributed by atoms with van der Waals surface area (Å²) in [6.07, 6.45) is 4.25. The van der Waals surface area contributed by atoms with Crippen molar-refractivity contribution < 1.29 is 4.74 Å². The average molecular weight is 333 g/mol. The van der Waals surface area contributed by atoms with E-state index in [1.165, 1.54) is 11.1 Å². The molecule has 2 aromatic heterocycles. The molecule has 0 saturated carbocycles. The highest BCUT2D eigenvalue weighted by molar-refractivity contribution is 5.73. The van der Waals surface area contributed by atoms with Gasteiger partial charge in [-0.05, 0) is 18.6 Å². The van der Waals surface area contributed by atoms with Gasteiger partial charge in [0.1, 0.15) is 11.6 Å². The van der Waals surface area contributed by atoms with Crippen molar-refractivity contribution in [2.45, 2.75) is 19.9 Å². The zero-order chi connectivity index (χ0) is 17.2. The van der Waals surface area contributed by atoms with Crippen LogP contribution in [0.1, 0.15) is 16.7 Å². The Bertz CT molecular complexity index is 925. The molecule has 1 aromatic carbocycles. The van der Waals surface area contributed by atoms with E-state index >= 15 is 0 Å². The summed E-state index contributed by atoms with van der Waals surface area (Å²) in [5.74, 6) is 1.94. The number of rotatable bonds is 4. The topological polar surface area (TPSA) is 86.0 Å². The molecule has 3 N–H and O–H groups in total. The standard InChI is InChI=1S/C19H19N5O/c1-12-3-2-4-13(9-12)10-22-18-14-6-8-25-17(14)15(11-23-18)16-5-7-21-19(20)24-16/h2-5,7,9,11H,6,8,10H2,1H3,(H,22,23)(H2,20,21,24). The van der Waals surface area contributed by atoms with Crippen molar-refractivity contribution >= 4 is 11.8 Å². The Balaban J connectivity index is 1.64. The van der Waals surface area contributed by atoms with Crippen molar-refractivity contribution in [1.82, 2.24) is 15.0 Å². The fourth-order valence-corrected chi connectivity index (χ4v) is 3.05. The number of nitrogen functional groups attached to an aromatic ring is 1. The molecule has 0 unspecified atom stereocenters. The van der Waals surface area contributed by atoms with Crippen LogP contribution in [0.2, 0.25) is 0 Å². The zero-order valence-electron chi connectivity index (χ0n) is 14.0. The summed E-state index contributed by atoms with van der Waals surface area (Å²) < 4.78 is 5.85. The number of pyridine rings is 1. The third-order valence-electron chi connectivity index (χ3n) is 4.22. The van der Waals surface area contributed by atoms with Gasteiger partial charge in [0.25, 0.3) is 0 Å². The molecule has 126 valence electrons. The molecule has 0 saturated heterocycles. The molecule has 6 heteroatoms. The van der Waals surface area contributed by atoms with Crippen LogP contribution in [0.15, 0.2) is 42.7 Å². The van der Waals surface area contributed by atoms with Gasteiger partial charge in [0.05, 0.1) is 17.9 Å². The van der Waals surface area contributed by atoms with Crippen LogP contribution in [-0.4, -0.2) is 21.6 Å². The van der Waals surface area contributed by atoms with Gasteiger partial charge in [-0.25, -0.2) is 15.0 Å². The van der Waals surface area contributed by atoms with Gasteiger partial charge >= 0.3 is 0 Å². The van der Waals surface area contributed by atoms with Crippen molar-refractivity contribution in [3.8, 4) is 17.0 Å². The van der Waals surface area contributed by atoms with Crippen molar-refractivity contribution in [2.24, 2.45) is 0 Å². The van der Waals surface area contributed by atoms with Gasteiger partial charge in [-0.3, -0.25) is 0 Å². The Morgan fingerprint density at radius 3 is 3.00 bits per heavy atom. The molecule has 1 aliphatic rings. The number of aryl methyl sites for hydroxylation is 1. The Hall–Kier alpha value is -3.15. The quantitative estimate of drug-likeness (QED) is 0.763. The van der Waals surface area contributed by atoms with E-state index in [0.717, 1.165) is 41.4 Å². The van der Waals surface area contributed by atoms with Gasteiger partial charge in [0.15, 0.2) is 0 Å². The highest BCUT2D eigenvalue weighted by atomic mass is 16.5. The normalized spacial score (nSPS) is 12.5. The summed E-state index contributed by atoms with van der Waals surface area (Å²) in [5.41, 5.74) is 10.8. The SMILES string of the molecule is Cc1cccc(CNc2ncc(-c3ccnc(N)n3)c3c2CCO3)c1. The molecule has 0 spiro atoms. The van der Waals surface area contributed by atoms with Crippen LogP contribution in [-0.2, 0) is 13.0 Å². The Kier molecular flexibility index (Phi) is 3.93. The predicted octanol–water partition coefficient (Wildman–Crippen LogP) is 2.98. The van der Waals surface area contributed by atoms with E-state index in [1.807, 2.05) is 6.07 Å². The van der Waals surface area contributed by atoms with E-state index in [1.54, 1.807) is 12.4 Å². The number of nitrogens with two attached hydrogens (primary N) is 1. The number of aromatic nitrogens is 3. The van der Waals surface area contributed by atoms with Crippen LogP contribution < -0.4 is 15.8 Å². The molecule has 3 aromatic rings. The molecule has 6 nitrogen and oxygen atoms in total. The number of benzene rings is 1. The molecule has 0 aliphatic carbocycles. The molecular weight excluding hydrogens is 314 g/mol. The number of hydrogen-bond donors (Lipinski definition) is 2. The van der Waals surface area contributed by atoms with Crippen molar-refractivity contribution in [1.29, 1.82) is 0 Å². The first kappa shape index (κ1) is 15.4. The highest BCUT2D eigenvalue weighted by Gasteiger charge is 2.23. The minimum Gasteiger partial charge on any atom is -0.492 e. The highest BCUT2D eigenvalue weighted by Crippen LogP contribution is 2.39. The minimum absolute atomic E-state index is 0.242. The molecule has 0 bridgehead atoms. The summed E-state index contributed by atoms with van der Waals surface area (Å²) in [6, 6.07) is 10.2. The van der Waals surface area contributed by atoms with Crippen LogP contribution in [0, 0.1) is 6.92 Å². The Morgan fingerprint density at radius 1 is 1.24 bits per heavy atom. The zero-order valence-corrected chi connectivity index (χ0v) is 14.0. The van der Waals surface area contributed by atoms with E-state index in [4.69, 9.17) is 10.5 Å². The Morgan fingerprint density at radius 2 is 2.16 bits per heavy atom. The van der Waals surface area contributed by atoms with Gasteiger partial charge in [-0.1, -0.05) is 29.8 Å². The van der Waals surface area contributed by atoms with E-state index < -0.39 is 0 Å². The first-order valence-corrected chi connectivity index (χ1v) is 8.24. The first-order valence-electron chi connectivity index (χ1n) is 8.24. The number of anilines is 2. The van der Waals surface area contributed by atoms with Crippen molar-refractivity contribution in [3.63, 3.8) is 0 Å². The monoisotopic (exact) mass is 333 g/mol. The maximum Gasteiger partial charge on any atom is 0.220 e. The summed E-state index contributed by atoms with van der Waals surface area (Å²) in [5, 5.41) is 3.43. The third-order valence-corrected chi connectivity index (χ3v) is 4.22. The lowest BCUT2D eigenvalue weighted by atomic mass is 10.1. The number of ether oxygens (including phenoxy) is 1. The maximum atomic E-state index is 5.85. The second-order valence-electron chi connectivity index (χ2n) is 6.07. The molecular formula is C19H19N5O. The molecule has 0 radical (unpaired) electrons. The summed E-state index contributed by atoms with van der Waals surface area (Å²) in [7, 11) is 0. The second kappa shape index (κ2) is 6.39. The lowest BCUT2D eigenvalue weighted by Gasteiger charge is -2.13. The second-order valence-corrected chi connectivity index (χ2v) is 6.07. The number of hydrogen-bond acceptors (Lipinski definition) is 6. The number of fused-ring (bicyclic) bond motifs is 1. The maximum absolute atomic E-state index is 5.85. The fraction of sp³-hybridized carbons (Fsp3) is 0.211. The first-order chi connectivity index (χ1) is 12.2.